The third-order valence-corrected chi connectivity index (χ3v) is 10.4. The van der Waals surface area contributed by atoms with Gasteiger partial charge < -0.3 is 14.0 Å². The first kappa shape index (κ1) is 27.1. The molecule has 0 bridgehead atoms. The summed E-state index contributed by atoms with van der Waals surface area (Å²) in [6, 6.07) is 13.1. The molecule has 4 heterocycles. The largest absolute Gasteiger partial charge is 0.496 e. The number of aromatic nitrogens is 1. The summed E-state index contributed by atoms with van der Waals surface area (Å²) >= 11 is 0. The van der Waals surface area contributed by atoms with Crippen molar-refractivity contribution in [2.75, 3.05) is 33.4 Å². The number of hydrogen-bond acceptors (Lipinski definition) is 6. The van der Waals surface area contributed by atoms with Crippen molar-refractivity contribution in [1.82, 2.24) is 14.2 Å². The van der Waals surface area contributed by atoms with Crippen LogP contribution in [0.15, 0.2) is 53.4 Å². The molecule has 2 aromatic carbocycles. The van der Waals surface area contributed by atoms with Crippen LogP contribution in [0.5, 0.6) is 5.75 Å². The van der Waals surface area contributed by atoms with E-state index in [-0.39, 0.29) is 28.9 Å². The Kier molecular flexibility index (Phi) is 7.01. The minimum Gasteiger partial charge on any atom is -0.496 e. The summed E-state index contributed by atoms with van der Waals surface area (Å²) in [5.74, 6) is 0.415. The smallest absolute Gasteiger partial charge is 0.354 e. The summed E-state index contributed by atoms with van der Waals surface area (Å²) in [6.45, 7) is 6.54. The first-order chi connectivity index (χ1) is 19.3. The highest BCUT2D eigenvalue weighted by Crippen LogP contribution is 2.57. The summed E-state index contributed by atoms with van der Waals surface area (Å²) < 4.78 is 42.6. The molecule has 2 atom stereocenters. The number of sulfonamides is 1. The molecule has 0 spiro atoms. The van der Waals surface area contributed by atoms with Gasteiger partial charge in [-0.3, -0.25) is 4.90 Å². The average molecular weight is 564 g/mol. The molecule has 40 heavy (non-hydrogen) atoms. The van der Waals surface area contributed by atoms with Crippen LogP contribution in [-0.4, -0.2) is 57.2 Å². The lowest BCUT2D eigenvalue weighted by Crippen LogP contribution is -2.51. The van der Waals surface area contributed by atoms with Gasteiger partial charge in [0.25, 0.3) is 0 Å². The Hall–Kier alpha value is -3.14. The molecular weight excluding hydrogens is 526 g/mol. The molecule has 1 fully saturated rings. The van der Waals surface area contributed by atoms with Crippen LogP contribution in [-0.2, 0) is 32.4 Å². The molecule has 3 aliphatic heterocycles. The number of piperidine rings is 1. The van der Waals surface area contributed by atoms with E-state index in [4.69, 9.17) is 9.47 Å². The normalized spacial score (nSPS) is 22.1. The summed E-state index contributed by atoms with van der Waals surface area (Å²) in [5, 5.41) is 0.898. The van der Waals surface area contributed by atoms with Gasteiger partial charge >= 0.3 is 5.97 Å². The van der Waals surface area contributed by atoms with E-state index in [9.17, 15) is 13.2 Å². The number of hydrogen-bond donors (Lipinski definition) is 1. The number of carbonyl (C=O) groups is 1. The van der Waals surface area contributed by atoms with Crippen molar-refractivity contribution < 1.29 is 22.7 Å². The Morgan fingerprint density at radius 3 is 2.75 bits per heavy atom. The molecule has 0 radical (unpaired) electrons. The predicted octanol–water partition coefficient (Wildman–Crippen LogP) is 4.68. The summed E-state index contributed by atoms with van der Waals surface area (Å²) in [7, 11) is -2.14. The third kappa shape index (κ3) is 4.26. The van der Waals surface area contributed by atoms with Crippen molar-refractivity contribution in [3.8, 4) is 5.75 Å². The van der Waals surface area contributed by atoms with E-state index in [1.54, 1.807) is 19.2 Å². The number of nitrogens with zero attached hydrogens (tertiary/aromatic N) is 2. The van der Waals surface area contributed by atoms with Gasteiger partial charge in [-0.15, -0.1) is 0 Å². The van der Waals surface area contributed by atoms with Gasteiger partial charge in [-0.1, -0.05) is 25.1 Å². The van der Waals surface area contributed by atoms with Crippen molar-refractivity contribution >= 4 is 32.6 Å². The minimum absolute atomic E-state index is 0.144. The highest BCUT2D eigenvalue weighted by Gasteiger charge is 2.51. The van der Waals surface area contributed by atoms with Crippen LogP contribution >= 0.6 is 0 Å². The van der Waals surface area contributed by atoms with E-state index in [1.165, 1.54) is 0 Å². The summed E-state index contributed by atoms with van der Waals surface area (Å²) in [4.78, 5) is 16.1. The highest BCUT2D eigenvalue weighted by atomic mass is 32.2. The lowest BCUT2D eigenvalue weighted by molar-refractivity contribution is -0.136. The number of benzene rings is 2. The van der Waals surface area contributed by atoms with Crippen LogP contribution in [0.1, 0.15) is 56.0 Å². The van der Waals surface area contributed by atoms with Crippen LogP contribution in [0.25, 0.3) is 16.6 Å². The second-order valence-electron chi connectivity index (χ2n) is 11.0. The third-order valence-electron chi connectivity index (χ3n) is 8.99. The topological polar surface area (TPSA) is 89.9 Å². The SMILES string of the molecule is CCOC(=O)C1=C[C@]2(CC)CCCN3CCc4c(n1c1ccc(S(=O)(=O)NCCc5ccccc5OC)cc41)[C@@H]32. The number of fused-ring (bicyclic) bond motifs is 3. The van der Waals surface area contributed by atoms with Crippen molar-refractivity contribution in [1.29, 1.82) is 0 Å². The number of carbonyl (C=O) groups excluding carboxylic acids is 1. The van der Waals surface area contributed by atoms with Gasteiger partial charge in [-0.25, -0.2) is 17.9 Å². The number of para-hydroxylation sites is 1. The van der Waals surface area contributed by atoms with Crippen LogP contribution in [0.2, 0.25) is 0 Å². The number of ether oxygens (including phenoxy) is 2. The Labute approximate surface area is 236 Å². The van der Waals surface area contributed by atoms with Crippen molar-refractivity contribution in [2.24, 2.45) is 5.41 Å². The fraction of sp³-hybridized carbons (Fsp3) is 0.452. The summed E-state index contributed by atoms with van der Waals surface area (Å²) in [6.07, 6.45) is 6.53. The molecule has 3 aromatic rings. The molecule has 0 saturated carbocycles. The molecule has 1 aromatic heterocycles. The van der Waals surface area contributed by atoms with Gasteiger partial charge in [-0.2, -0.15) is 0 Å². The van der Waals surface area contributed by atoms with E-state index in [0.29, 0.717) is 18.7 Å². The van der Waals surface area contributed by atoms with Crippen LogP contribution in [0.4, 0.5) is 0 Å². The summed E-state index contributed by atoms with van der Waals surface area (Å²) in [5.41, 5.74) is 4.50. The van der Waals surface area contributed by atoms with Crippen LogP contribution < -0.4 is 9.46 Å². The van der Waals surface area contributed by atoms with Gasteiger partial charge in [0.1, 0.15) is 11.4 Å². The van der Waals surface area contributed by atoms with Crippen molar-refractivity contribution in [2.45, 2.75) is 56.9 Å². The Bertz CT molecular complexity index is 1610. The highest BCUT2D eigenvalue weighted by molar-refractivity contribution is 7.89. The Morgan fingerprint density at radius 1 is 1.15 bits per heavy atom. The molecule has 1 N–H and O–H groups in total. The second kappa shape index (κ2) is 10.4. The van der Waals surface area contributed by atoms with E-state index in [2.05, 4.69) is 27.2 Å². The second-order valence-corrected chi connectivity index (χ2v) is 12.7. The minimum atomic E-state index is -3.75. The van der Waals surface area contributed by atoms with Gasteiger partial charge in [-0.05, 0) is 87.0 Å². The molecule has 0 aliphatic carbocycles. The van der Waals surface area contributed by atoms with E-state index >= 15 is 0 Å². The monoisotopic (exact) mass is 563 g/mol. The molecular formula is C31H37N3O5S. The predicted molar refractivity (Wildman–Crippen MR) is 155 cm³/mol. The van der Waals surface area contributed by atoms with Gasteiger partial charge in [0, 0.05) is 29.6 Å². The van der Waals surface area contributed by atoms with Gasteiger partial charge in [0.2, 0.25) is 10.0 Å². The number of esters is 1. The lowest BCUT2D eigenvalue weighted by atomic mass is 9.66. The molecule has 0 unspecified atom stereocenters. The molecule has 3 aliphatic rings. The molecule has 8 nitrogen and oxygen atoms in total. The van der Waals surface area contributed by atoms with Gasteiger partial charge in [0.15, 0.2) is 0 Å². The molecule has 0 amide bonds. The zero-order valence-corrected chi connectivity index (χ0v) is 24.2. The number of rotatable bonds is 9. The zero-order chi connectivity index (χ0) is 28.1. The first-order valence-electron chi connectivity index (χ1n) is 14.3. The standard InChI is InChI=1S/C31H37N3O5S/c1-4-31-15-8-17-33-18-14-23-24-19-22(40(36,37)32-16-13-21-9-6-7-10-27(21)38-3)11-12-25(24)34(28(23)29(31)33)26(20-31)30(35)39-5-2/h6-7,9-12,19-20,29,32H,4-5,8,13-18H2,1-3H3/t29-,31+/m1/s1. The van der Waals surface area contributed by atoms with Crippen LogP contribution in [0.3, 0.4) is 0 Å². The molecule has 1 saturated heterocycles. The first-order valence-corrected chi connectivity index (χ1v) is 15.7. The maximum absolute atomic E-state index is 13.4. The maximum Gasteiger partial charge on any atom is 0.354 e. The van der Waals surface area contributed by atoms with E-state index < -0.39 is 10.0 Å². The van der Waals surface area contributed by atoms with Gasteiger partial charge in [0.05, 0.1) is 30.2 Å². The zero-order valence-electron chi connectivity index (χ0n) is 23.4. The molecule has 9 heteroatoms. The number of nitrogens with one attached hydrogen (secondary N) is 1. The van der Waals surface area contributed by atoms with E-state index in [0.717, 1.165) is 72.2 Å². The lowest BCUT2D eigenvalue weighted by Gasteiger charge is -2.53. The number of methoxy groups -OCH3 is 1. The average Bonchev–Trinajstić information content (AvgIpc) is 3.30. The fourth-order valence-corrected chi connectivity index (χ4v) is 8.20. The quantitative estimate of drug-likeness (QED) is 0.381. The van der Waals surface area contributed by atoms with Crippen molar-refractivity contribution in [3.05, 3.63) is 65.4 Å². The Balaban J connectivity index is 1.40. The fourth-order valence-electron chi connectivity index (χ4n) is 7.14. The van der Waals surface area contributed by atoms with Crippen molar-refractivity contribution in [3.63, 3.8) is 0 Å². The molecule has 6 rings (SSSR count). The van der Waals surface area contributed by atoms with Crippen LogP contribution in [0, 0.1) is 5.41 Å². The Morgan fingerprint density at radius 2 is 1.98 bits per heavy atom. The maximum atomic E-state index is 13.4. The van der Waals surface area contributed by atoms with E-state index in [1.807, 2.05) is 37.3 Å². The molecule has 212 valence electrons.